The summed E-state index contributed by atoms with van der Waals surface area (Å²) in [5, 5.41) is 135. The van der Waals surface area contributed by atoms with E-state index in [-0.39, 0.29) is 188 Å². The number of carbonyl (C=O) groups excluding carboxylic acids is 4. The van der Waals surface area contributed by atoms with Crippen molar-refractivity contribution in [3.63, 3.8) is 0 Å². The van der Waals surface area contributed by atoms with Gasteiger partial charge < -0.3 is 119 Å². The Bertz CT molecular complexity index is 5210. The van der Waals surface area contributed by atoms with E-state index in [1.807, 2.05) is 24.3 Å². The molecule has 5 heterocycles. The van der Waals surface area contributed by atoms with Crippen LogP contribution >= 0.6 is 0 Å². The topological polar surface area (TPSA) is 444 Å². The monoisotopic (exact) mass is 1610 g/mol. The minimum Gasteiger partial charge on any atom is -0.508 e. The van der Waals surface area contributed by atoms with Crippen molar-refractivity contribution in [3.8, 4) is 115 Å². The summed E-state index contributed by atoms with van der Waals surface area (Å²) in [4.78, 5) is 48.5. The molecule has 5 aliphatic heterocycles. The second-order valence-corrected chi connectivity index (χ2v) is 28.5. The van der Waals surface area contributed by atoms with Crippen LogP contribution in [0.1, 0.15) is 96.4 Å². The number of fused-ring (bicyclic) bond motifs is 2. The molecule has 3 fully saturated rings. The SMILES string of the molecule is COc1cc(C2CC(=O)c3c(O)cc(O)cc3O2)ccc1O.COc1cc(C[C@H]2COC(=O)[C@@H]2Cc2ccc(O)c(OC)c2)ccc1O.COc1cc(C[C@H]2CO[C@H](c3ccc(O)c(OC)c3)[C@H]2CO)ccc1O.O=C1CC(c2ccc(O)c(O)c2)Oc2cc(O)cc(O)c21.O=C1OC[C@@H](Cc2cccc(O)c2)[C@@H]1Cc1cccc(O)c1. The minimum absolute atomic E-state index is 0.00621. The number of esters is 2. The van der Waals surface area contributed by atoms with Crippen molar-refractivity contribution in [2.75, 3.05) is 62.0 Å². The molecule has 0 aliphatic carbocycles. The first-order chi connectivity index (χ1) is 56.1. The Morgan fingerprint density at radius 1 is 0.333 bits per heavy atom. The van der Waals surface area contributed by atoms with Crippen LogP contribution in [0.2, 0.25) is 0 Å². The van der Waals surface area contributed by atoms with Crippen LogP contribution in [0.3, 0.4) is 0 Å². The lowest BCUT2D eigenvalue weighted by Crippen LogP contribution is -2.21. The Kier molecular flexibility index (Phi) is 27.4. The van der Waals surface area contributed by atoms with Crippen molar-refractivity contribution >= 4 is 23.5 Å². The molecule has 14 N–H and O–H groups in total. The highest BCUT2D eigenvalue weighted by molar-refractivity contribution is 6.03. The van der Waals surface area contributed by atoms with Gasteiger partial charge in [-0.25, -0.2) is 0 Å². The second-order valence-electron chi connectivity index (χ2n) is 28.5. The third kappa shape index (κ3) is 20.7. The van der Waals surface area contributed by atoms with Gasteiger partial charge in [0.05, 0.1) is 86.2 Å². The zero-order valence-electron chi connectivity index (χ0n) is 64.3. The molecule has 5 aliphatic rings. The number of aromatic hydroxyl groups is 13. The molecule has 10 aromatic carbocycles. The second kappa shape index (κ2) is 38.0. The van der Waals surface area contributed by atoms with Crippen LogP contribution in [-0.2, 0) is 55.9 Å². The van der Waals surface area contributed by atoms with Gasteiger partial charge in [-0.15, -0.1) is 0 Å². The lowest BCUT2D eigenvalue weighted by atomic mass is 9.84. The molecule has 3 saturated heterocycles. The molecule has 0 spiro atoms. The summed E-state index contributed by atoms with van der Waals surface area (Å²) in [5.74, 6) is -0.120. The van der Waals surface area contributed by atoms with Crippen molar-refractivity contribution < 1.29 is 138 Å². The number of phenols is 13. The summed E-state index contributed by atoms with van der Waals surface area (Å²) in [6.45, 7) is 1.27. The molecule has 9 atom stereocenters. The predicted octanol–water partition coefficient (Wildman–Crippen LogP) is 12.7. The lowest BCUT2D eigenvalue weighted by molar-refractivity contribution is -0.142. The number of aliphatic hydroxyl groups is 1. The van der Waals surface area contributed by atoms with Gasteiger partial charge in [-0.05, 0) is 180 Å². The number of benzene rings is 10. The molecule has 0 radical (unpaired) electrons. The van der Waals surface area contributed by atoms with Crippen LogP contribution in [0.4, 0.5) is 0 Å². The average molecular weight is 1610 g/mol. The zero-order chi connectivity index (χ0) is 83.9. The number of aliphatic hydroxyl groups excluding tert-OH is 1. The lowest BCUT2D eigenvalue weighted by Gasteiger charge is -2.26. The van der Waals surface area contributed by atoms with E-state index >= 15 is 0 Å². The highest BCUT2D eigenvalue weighted by atomic mass is 16.5. The summed E-state index contributed by atoms with van der Waals surface area (Å²) in [5.41, 5.74) is 6.91. The number of cyclic esters (lactones) is 2. The van der Waals surface area contributed by atoms with Gasteiger partial charge in [-0.3, -0.25) is 19.2 Å². The van der Waals surface area contributed by atoms with Gasteiger partial charge in [0, 0.05) is 48.6 Å². The van der Waals surface area contributed by atoms with Crippen LogP contribution in [0.25, 0.3) is 0 Å². The highest BCUT2D eigenvalue weighted by Gasteiger charge is 2.41. The number of phenolic OH excluding ortho intramolecular Hbond substituents is 13. The van der Waals surface area contributed by atoms with Gasteiger partial charge in [0.2, 0.25) is 0 Å². The van der Waals surface area contributed by atoms with Crippen LogP contribution in [0.15, 0.2) is 182 Å². The maximum Gasteiger partial charge on any atom is 0.309 e. The van der Waals surface area contributed by atoms with Gasteiger partial charge in [0.1, 0.15) is 69.3 Å². The van der Waals surface area contributed by atoms with Crippen molar-refractivity contribution in [1.82, 2.24) is 0 Å². The normalized spacial score (nSPS) is 19.4. The molecule has 28 nitrogen and oxygen atoms in total. The number of hydrogen-bond donors (Lipinski definition) is 14. The van der Waals surface area contributed by atoms with E-state index in [0.29, 0.717) is 86.0 Å². The average Bonchev–Trinajstić information content (AvgIpc) is 1.64. The van der Waals surface area contributed by atoms with Crippen LogP contribution in [0.5, 0.6) is 115 Å². The quantitative estimate of drug-likeness (QED) is 0.0264. The molecule has 28 heteroatoms. The summed E-state index contributed by atoms with van der Waals surface area (Å²) >= 11 is 0. The number of carbonyl (C=O) groups is 4. The van der Waals surface area contributed by atoms with Gasteiger partial charge >= 0.3 is 11.9 Å². The maximum absolute atomic E-state index is 12.2. The Hall–Kier alpha value is -13.6. The third-order valence-electron chi connectivity index (χ3n) is 20.7. The summed E-state index contributed by atoms with van der Waals surface area (Å²) in [6, 6.07) is 48.2. The number of methoxy groups -OCH3 is 5. The fraction of sp³-hybridized carbons (Fsp3) is 0.281. The van der Waals surface area contributed by atoms with Crippen molar-refractivity contribution in [2.45, 2.75) is 63.3 Å². The van der Waals surface area contributed by atoms with Gasteiger partial charge in [0.15, 0.2) is 80.6 Å². The van der Waals surface area contributed by atoms with Gasteiger partial charge in [-0.2, -0.15) is 0 Å². The van der Waals surface area contributed by atoms with Crippen LogP contribution in [0, 0.1) is 35.5 Å². The Morgan fingerprint density at radius 3 is 1.10 bits per heavy atom. The van der Waals surface area contributed by atoms with E-state index in [2.05, 4.69) is 0 Å². The maximum atomic E-state index is 12.2. The molecule has 15 rings (SSSR count). The number of ketones is 2. The van der Waals surface area contributed by atoms with E-state index in [1.165, 1.54) is 71.9 Å². The standard InChI is InChI=1S/C20H22O6.C20H24O6.C18H18O4.C16H14O6.C15H12O6/c1-24-18-9-12(3-5-16(18)21)7-14-11-26-20(23)15(14)8-13-4-6-17(22)19(10-13)25-2;1-24-18-8-12(3-5-16(18)22)7-14-11-26-20(15(14)10-21)13-4-6-17(23)19(9-13)25-2;19-15-5-1-3-12(8-15)7-14-11-22-18(21)17(14)10-13-4-2-6-16(20)9-13;1-21-14-4-8(2-3-10(14)18)13-7-12(20)16-11(19)5-9(17)6-15(16)22-13;16-8-4-11(19)15-12(20)6-13(21-14(15)5-8)7-1-2-9(17)10(18)3-7/h3-6,9-10,14-15,21-22H,7-8,11H2,1-2H3;3-6,8-9,14-15,20-23H,7,10-11H2,1-2H3;1-6,8-9,14,17,19-20H,7,10-11H2;2-6,13,17-19H,7H2,1H3;1-5,13,16-19H,6H2/t14-,15+;14-,15-,20+;14-,17+;;/m001../s1. The van der Waals surface area contributed by atoms with Gasteiger partial charge in [-0.1, -0.05) is 60.7 Å². The molecule has 0 saturated carbocycles. The van der Waals surface area contributed by atoms with Gasteiger partial charge in [0.25, 0.3) is 0 Å². The van der Waals surface area contributed by atoms with Crippen LogP contribution in [-0.4, -0.2) is 157 Å². The zero-order valence-corrected chi connectivity index (χ0v) is 64.3. The molecule has 0 bridgehead atoms. The van der Waals surface area contributed by atoms with E-state index in [9.17, 15) is 90.7 Å². The van der Waals surface area contributed by atoms with Crippen LogP contribution < -0.4 is 33.2 Å². The van der Waals surface area contributed by atoms with E-state index < -0.39 is 12.2 Å². The number of Topliss-reactive ketones (excluding diaryl/α,β-unsaturated/α-hetero) is 2. The first-order valence-corrected chi connectivity index (χ1v) is 37.1. The molecule has 614 valence electrons. The molecule has 0 amide bonds. The third-order valence-corrected chi connectivity index (χ3v) is 20.7. The molecule has 117 heavy (non-hydrogen) atoms. The summed E-state index contributed by atoms with van der Waals surface area (Å²) in [6.07, 6.45) is 1.59. The molecule has 0 aromatic heterocycles. The Balaban J connectivity index is 0.000000144. The first-order valence-electron chi connectivity index (χ1n) is 37.1. The predicted molar refractivity (Wildman–Crippen MR) is 421 cm³/mol. The fourth-order valence-corrected chi connectivity index (χ4v) is 14.7. The number of rotatable bonds is 19. The number of ether oxygens (including phenoxy) is 10. The first kappa shape index (κ1) is 84.3. The Labute approximate surface area is 671 Å². The molecule has 2 unspecified atom stereocenters. The van der Waals surface area contributed by atoms with Crippen molar-refractivity contribution in [3.05, 3.63) is 238 Å². The molecular weight excluding hydrogens is 1520 g/mol. The fourth-order valence-electron chi connectivity index (χ4n) is 14.7. The van der Waals surface area contributed by atoms with E-state index in [0.717, 1.165) is 45.5 Å². The Morgan fingerprint density at radius 2 is 0.692 bits per heavy atom. The van der Waals surface area contributed by atoms with E-state index in [1.54, 1.807) is 109 Å². The minimum atomic E-state index is -0.669. The van der Waals surface area contributed by atoms with E-state index in [4.69, 9.17) is 47.4 Å². The molecular formula is C89H90O28. The summed E-state index contributed by atoms with van der Waals surface area (Å²) in [7, 11) is 7.43. The summed E-state index contributed by atoms with van der Waals surface area (Å²) < 4.78 is 53.4. The highest BCUT2D eigenvalue weighted by Crippen LogP contribution is 2.47. The van der Waals surface area contributed by atoms with Crippen molar-refractivity contribution in [1.29, 1.82) is 0 Å². The smallest absolute Gasteiger partial charge is 0.309 e. The largest absolute Gasteiger partial charge is 0.508 e. The van der Waals surface area contributed by atoms with Crippen molar-refractivity contribution in [2.24, 2.45) is 35.5 Å². The number of hydrogen-bond acceptors (Lipinski definition) is 28. The molecule has 10 aromatic rings.